The Balaban J connectivity index is 1.83. The summed E-state index contributed by atoms with van der Waals surface area (Å²) >= 11 is 0. The van der Waals surface area contributed by atoms with Crippen molar-refractivity contribution in [2.75, 3.05) is 5.73 Å². The van der Waals surface area contributed by atoms with E-state index in [4.69, 9.17) is 10.2 Å². The van der Waals surface area contributed by atoms with Crippen molar-refractivity contribution in [3.63, 3.8) is 0 Å². The third kappa shape index (κ3) is 3.99. The SMILES string of the molecule is Nc1cccc(C(=O)N/C(=C/c2ccc(-c3ccccc3)o2)C(=O)O)c1. The third-order valence-corrected chi connectivity index (χ3v) is 3.60. The van der Waals surface area contributed by atoms with Crippen molar-refractivity contribution in [2.24, 2.45) is 0 Å². The molecule has 2 aromatic carbocycles. The Morgan fingerprint density at radius 3 is 2.46 bits per heavy atom. The number of carboxylic acids is 1. The second-order valence-corrected chi connectivity index (χ2v) is 5.51. The molecule has 0 radical (unpaired) electrons. The van der Waals surface area contributed by atoms with Gasteiger partial charge < -0.3 is 20.6 Å². The quantitative estimate of drug-likeness (QED) is 0.484. The van der Waals surface area contributed by atoms with Gasteiger partial charge in [-0.15, -0.1) is 0 Å². The lowest BCUT2D eigenvalue weighted by molar-refractivity contribution is -0.132. The van der Waals surface area contributed by atoms with Crippen LogP contribution >= 0.6 is 0 Å². The highest BCUT2D eigenvalue weighted by Crippen LogP contribution is 2.23. The van der Waals surface area contributed by atoms with Crippen LogP contribution in [0.25, 0.3) is 17.4 Å². The van der Waals surface area contributed by atoms with Crippen LogP contribution in [-0.4, -0.2) is 17.0 Å². The fourth-order valence-electron chi connectivity index (χ4n) is 2.36. The molecule has 0 saturated heterocycles. The first-order valence-corrected chi connectivity index (χ1v) is 7.80. The molecule has 1 aromatic heterocycles. The van der Waals surface area contributed by atoms with E-state index in [2.05, 4.69) is 5.32 Å². The lowest BCUT2D eigenvalue weighted by Crippen LogP contribution is -2.27. The average molecular weight is 348 g/mol. The van der Waals surface area contributed by atoms with Gasteiger partial charge in [-0.05, 0) is 30.3 Å². The Bertz CT molecular complexity index is 974. The molecule has 3 aromatic rings. The Morgan fingerprint density at radius 1 is 1.00 bits per heavy atom. The largest absolute Gasteiger partial charge is 0.477 e. The van der Waals surface area contributed by atoms with Gasteiger partial charge in [0, 0.05) is 22.9 Å². The van der Waals surface area contributed by atoms with Gasteiger partial charge in [-0.25, -0.2) is 4.79 Å². The van der Waals surface area contributed by atoms with Crippen LogP contribution in [0.5, 0.6) is 0 Å². The van der Waals surface area contributed by atoms with Gasteiger partial charge in [0.1, 0.15) is 17.2 Å². The van der Waals surface area contributed by atoms with E-state index >= 15 is 0 Å². The number of nitrogen functional groups attached to an aromatic ring is 1. The van der Waals surface area contributed by atoms with Gasteiger partial charge in [0.25, 0.3) is 5.91 Å². The first-order valence-electron chi connectivity index (χ1n) is 7.80. The zero-order valence-corrected chi connectivity index (χ0v) is 13.7. The summed E-state index contributed by atoms with van der Waals surface area (Å²) in [4.78, 5) is 23.7. The summed E-state index contributed by atoms with van der Waals surface area (Å²) in [7, 11) is 0. The maximum Gasteiger partial charge on any atom is 0.352 e. The molecule has 0 unspecified atom stereocenters. The van der Waals surface area contributed by atoms with E-state index in [1.165, 1.54) is 12.1 Å². The topological polar surface area (TPSA) is 106 Å². The molecule has 6 heteroatoms. The van der Waals surface area contributed by atoms with Crippen molar-refractivity contribution >= 4 is 23.6 Å². The maximum absolute atomic E-state index is 12.2. The predicted molar refractivity (Wildman–Crippen MR) is 98.1 cm³/mol. The first-order chi connectivity index (χ1) is 12.5. The van der Waals surface area contributed by atoms with Gasteiger partial charge in [-0.3, -0.25) is 4.79 Å². The minimum Gasteiger partial charge on any atom is -0.477 e. The molecule has 0 aliphatic heterocycles. The van der Waals surface area contributed by atoms with Gasteiger partial charge >= 0.3 is 5.97 Å². The summed E-state index contributed by atoms with van der Waals surface area (Å²) in [5, 5.41) is 11.7. The Morgan fingerprint density at radius 2 is 1.77 bits per heavy atom. The normalized spacial score (nSPS) is 11.2. The van der Waals surface area contributed by atoms with E-state index in [1.54, 1.807) is 30.3 Å². The van der Waals surface area contributed by atoms with Crippen molar-refractivity contribution in [3.05, 3.63) is 83.8 Å². The van der Waals surface area contributed by atoms with Crippen molar-refractivity contribution in [1.29, 1.82) is 0 Å². The summed E-state index contributed by atoms with van der Waals surface area (Å²) in [6.07, 6.45) is 1.26. The Hall–Kier alpha value is -3.80. The molecule has 0 aliphatic carbocycles. The number of aliphatic carboxylic acids is 1. The van der Waals surface area contributed by atoms with Gasteiger partial charge in [0.05, 0.1) is 0 Å². The fourth-order valence-corrected chi connectivity index (χ4v) is 2.36. The van der Waals surface area contributed by atoms with Crippen LogP contribution in [0.3, 0.4) is 0 Å². The van der Waals surface area contributed by atoms with Crippen molar-refractivity contribution < 1.29 is 19.1 Å². The molecule has 130 valence electrons. The number of nitrogens with two attached hydrogens (primary N) is 1. The predicted octanol–water partition coefficient (Wildman–Crippen LogP) is 3.38. The molecular formula is C20H16N2O4. The number of amides is 1. The highest BCUT2D eigenvalue weighted by Gasteiger charge is 2.15. The first kappa shape index (κ1) is 17.0. The van der Waals surface area contributed by atoms with E-state index in [0.717, 1.165) is 5.56 Å². The monoisotopic (exact) mass is 348 g/mol. The van der Waals surface area contributed by atoms with Crippen LogP contribution in [-0.2, 0) is 4.79 Å². The van der Waals surface area contributed by atoms with E-state index in [-0.39, 0.29) is 11.3 Å². The summed E-state index contributed by atoms with van der Waals surface area (Å²) in [6.45, 7) is 0. The molecule has 0 atom stereocenters. The third-order valence-electron chi connectivity index (χ3n) is 3.60. The molecule has 0 bridgehead atoms. The Kier molecular flexibility index (Phi) is 4.85. The molecule has 1 amide bonds. The number of carbonyl (C=O) groups is 2. The van der Waals surface area contributed by atoms with E-state index in [0.29, 0.717) is 17.2 Å². The standard InChI is InChI=1S/C20H16N2O4/c21-15-8-4-7-14(11-15)19(23)22-17(20(24)25)12-16-9-10-18(26-16)13-5-2-1-3-6-13/h1-12H,21H2,(H,22,23)(H,24,25)/b17-12+. The van der Waals surface area contributed by atoms with E-state index in [9.17, 15) is 14.7 Å². The van der Waals surface area contributed by atoms with Gasteiger partial charge in [-0.1, -0.05) is 36.4 Å². The molecular weight excluding hydrogens is 332 g/mol. The average Bonchev–Trinajstić information content (AvgIpc) is 3.10. The number of benzene rings is 2. The lowest BCUT2D eigenvalue weighted by Gasteiger charge is -2.06. The van der Waals surface area contributed by atoms with Gasteiger partial charge in [0.2, 0.25) is 0 Å². The van der Waals surface area contributed by atoms with Crippen LogP contribution in [0.4, 0.5) is 5.69 Å². The summed E-state index contributed by atoms with van der Waals surface area (Å²) < 4.78 is 5.65. The summed E-state index contributed by atoms with van der Waals surface area (Å²) in [5.74, 6) is -0.932. The highest BCUT2D eigenvalue weighted by atomic mass is 16.4. The second-order valence-electron chi connectivity index (χ2n) is 5.51. The zero-order valence-electron chi connectivity index (χ0n) is 13.7. The molecule has 0 aliphatic rings. The second kappa shape index (κ2) is 7.40. The number of furan rings is 1. The van der Waals surface area contributed by atoms with Crippen molar-refractivity contribution in [3.8, 4) is 11.3 Å². The molecule has 0 fully saturated rings. The molecule has 4 N–H and O–H groups in total. The van der Waals surface area contributed by atoms with Crippen LogP contribution in [0.15, 0.2) is 76.8 Å². The number of anilines is 1. The van der Waals surface area contributed by atoms with E-state index < -0.39 is 11.9 Å². The molecule has 26 heavy (non-hydrogen) atoms. The molecule has 0 saturated carbocycles. The molecule has 3 rings (SSSR count). The van der Waals surface area contributed by atoms with Gasteiger partial charge in [0.15, 0.2) is 0 Å². The summed E-state index contributed by atoms with van der Waals surface area (Å²) in [5.41, 5.74) is 6.89. The lowest BCUT2D eigenvalue weighted by atomic mass is 10.2. The highest BCUT2D eigenvalue weighted by molar-refractivity contribution is 6.03. The Labute approximate surface area is 149 Å². The smallest absolute Gasteiger partial charge is 0.352 e. The van der Waals surface area contributed by atoms with Crippen LogP contribution in [0, 0.1) is 0 Å². The van der Waals surface area contributed by atoms with Crippen LogP contribution in [0.1, 0.15) is 16.1 Å². The number of hydrogen-bond acceptors (Lipinski definition) is 4. The fraction of sp³-hybridized carbons (Fsp3) is 0. The molecule has 1 heterocycles. The van der Waals surface area contributed by atoms with Crippen LogP contribution < -0.4 is 11.1 Å². The molecule has 6 nitrogen and oxygen atoms in total. The maximum atomic E-state index is 12.2. The molecule has 0 spiro atoms. The van der Waals surface area contributed by atoms with Crippen LogP contribution in [0.2, 0.25) is 0 Å². The van der Waals surface area contributed by atoms with Gasteiger partial charge in [-0.2, -0.15) is 0 Å². The number of hydrogen-bond donors (Lipinski definition) is 3. The van der Waals surface area contributed by atoms with Crippen molar-refractivity contribution in [2.45, 2.75) is 0 Å². The number of nitrogens with one attached hydrogen (secondary N) is 1. The minimum atomic E-state index is -1.28. The van der Waals surface area contributed by atoms with E-state index in [1.807, 2.05) is 30.3 Å². The zero-order chi connectivity index (χ0) is 18.5. The number of rotatable bonds is 5. The number of carboxylic acid groups (broad SMARTS) is 1. The minimum absolute atomic E-state index is 0.265. The number of carbonyl (C=O) groups excluding carboxylic acids is 1. The summed E-state index contributed by atoms with van der Waals surface area (Å²) in [6, 6.07) is 19.0. The van der Waals surface area contributed by atoms with Crippen molar-refractivity contribution in [1.82, 2.24) is 5.32 Å².